The SMILES string of the molecule is [2H]C(C)(C)C1([2H])CCCC1.[2H]C(C)(C)C1([2H])CCCCC1.[2H]C(C)C1([2H])CCCC1.[2H]C(C)C1([2H])CCCCC1.[2H]C([2H])(C)C1([2H])CCCC1.[2H]C([2H])(C)C1([2H])CCCCC1.[2H]C([2H])(C)c1ccccc1.[2H]C([2H])([2H])C(C)(c1ccccc1)C([2H])([2H])[2H].[2H]C1(CC)CCCC1.[2H]C1(CC)CCCCC1. The molecule has 8 saturated carbocycles. The third kappa shape index (κ3) is 41.5. The molecule has 0 nitrogen and oxygen atoms in total. The number of hydrogen-bond donors (Lipinski definition) is 0. The predicted molar refractivity (Wildman–Crippen MR) is 367 cm³/mol. The molecule has 80 heavy (non-hydrogen) atoms. The molecule has 8 aliphatic carbocycles. The molecular formula is C80H148. The van der Waals surface area contributed by atoms with Gasteiger partial charge in [0.15, 0.2) is 0 Å². The maximum Gasteiger partial charge on any atom is 0.0313 e. The summed E-state index contributed by atoms with van der Waals surface area (Å²) in [7, 11) is 0. The molecule has 8 fully saturated rings. The van der Waals surface area contributed by atoms with Gasteiger partial charge in [-0.3, -0.25) is 0 Å². The minimum Gasteiger partial charge on any atom is -0.0651 e. The number of aryl methyl sites for hydroxylation is 1. The summed E-state index contributed by atoms with van der Waals surface area (Å²) in [6, 6.07) is 17.2. The van der Waals surface area contributed by atoms with Gasteiger partial charge >= 0.3 is 0 Å². The van der Waals surface area contributed by atoms with E-state index in [0.29, 0.717) is 5.56 Å². The minimum atomic E-state index is -2.57. The van der Waals surface area contributed by atoms with Crippen molar-refractivity contribution in [3.8, 4) is 0 Å². The van der Waals surface area contributed by atoms with Crippen LogP contribution in [0.2, 0.25) is 0 Å². The molecule has 0 aromatic heterocycles. The summed E-state index contributed by atoms with van der Waals surface area (Å²) in [5.74, 6) is -4.48. The van der Waals surface area contributed by atoms with Crippen molar-refractivity contribution < 1.29 is 32.9 Å². The highest BCUT2D eigenvalue weighted by molar-refractivity contribution is 5.22. The average Bonchev–Trinajstić information content (AvgIpc) is 0.830. The van der Waals surface area contributed by atoms with Crippen LogP contribution in [-0.4, -0.2) is 0 Å². The van der Waals surface area contributed by atoms with E-state index in [0.717, 1.165) is 198 Å². The van der Waals surface area contributed by atoms with Gasteiger partial charge in [0.2, 0.25) is 0 Å². The van der Waals surface area contributed by atoms with Crippen molar-refractivity contribution >= 4 is 0 Å². The minimum absolute atomic E-state index is 0.0139. The molecule has 0 heteroatoms. The van der Waals surface area contributed by atoms with Crippen LogP contribution in [-0.2, 0) is 11.8 Å². The molecule has 0 N–H and O–H groups in total. The third-order valence-electron chi connectivity index (χ3n) is 17.3. The van der Waals surface area contributed by atoms with Crippen molar-refractivity contribution in [2.75, 3.05) is 0 Å². The van der Waals surface area contributed by atoms with Crippen LogP contribution in [0.25, 0.3) is 0 Å². The first-order valence-corrected chi connectivity index (χ1v) is 33.3. The van der Waals surface area contributed by atoms with Crippen molar-refractivity contribution in [1.29, 1.82) is 0 Å². The van der Waals surface area contributed by atoms with Gasteiger partial charge in [-0.15, -0.1) is 0 Å². The van der Waals surface area contributed by atoms with Gasteiger partial charge in [0.05, 0.1) is 0 Å². The first-order valence-electron chi connectivity index (χ1n) is 45.5. The van der Waals surface area contributed by atoms with E-state index in [-0.39, 0.29) is 30.5 Å². The van der Waals surface area contributed by atoms with E-state index in [1.165, 1.54) is 72.1 Å². The fraction of sp³-hybridized carbons (Fsp3) is 0.850. The molecule has 0 spiro atoms. The number of rotatable bonds is 9. The number of benzene rings is 2. The van der Waals surface area contributed by atoms with Crippen molar-refractivity contribution in [3.63, 3.8) is 0 Å². The second-order valence-corrected chi connectivity index (χ2v) is 24.2. The largest absolute Gasteiger partial charge is 0.0651 e. The van der Waals surface area contributed by atoms with Crippen LogP contribution in [0.15, 0.2) is 60.7 Å². The summed E-state index contributed by atoms with van der Waals surface area (Å²) >= 11 is 0. The Bertz CT molecular complexity index is 2460. The highest BCUT2D eigenvalue weighted by atomic mass is 14.2. The Morgan fingerprint density at radius 2 is 0.650 bits per heavy atom. The quantitative estimate of drug-likeness (QED) is 0.235. The Morgan fingerprint density at radius 3 is 0.850 bits per heavy atom. The molecule has 2 aromatic rings. The van der Waals surface area contributed by atoms with Gasteiger partial charge < -0.3 is 0 Å². The molecule has 0 heterocycles. The molecule has 2 aromatic carbocycles. The van der Waals surface area contributed by atoms with Crippen LogP contribution in [0.1, 0.15) is 410 Å². The zero-order chi connectivity index (χ0) is 80.3. The fourth-order valence-corrected chi connectivity index (χ4v) is 11.5. The third-order valence-corrected chi connectivity index (χ3v) is 17.3. The lowest BCUT2D eigenvalue weighted by atomic mass is 9.82. The topological polar surface area (TPSA) is 0 Å². The molecule has 0 radical (unpaired) electrons. The van der Waals surface area contributed by atoms with Gasteiger partial charge in [0.25, 0.3) is 0 Å². The molecule has 468 valence electrons. The van der Waals surface area contributed by atoms with E-state index in [4.69, 9.17) is 32.9 Å². The van der Waals surface area contributed by atoms with E-state index < -0.39 is 79.5 Å². The van der Waals surface area contributed by atoms with Crippen molar-refractivity contribution in [1.82, 2.24) is 0 Å². The summed E-state index contributed by atoms with van der Waals surface area (Å²) < 4.78 is 183. The summed E-state index contributed by atoms with van der Waals surface area (Å²) in [5.41, 5.74) is -0.786. The van der Waals surface area contributed by atoms with Gasteiger partial charge in [-0.2, -0.15) is 0 Å². The fourth-order valence-electron chi connectivity index (χ4n) is 11.5. The second-order valence-electron chi connectivity index (χ2n) is 24.2. The lowest BCUT2D eigenvalue weighted by molar-refractivity contribution is 0.279. The normalized spacial score (nSPS) is 29.9. The molecule has 2 atom stereocenters. The summed E-state index contributed by atoms with van der Waals surface area (Å²) in [5, 5.41) is 0. The van der Waals surface area contributed by atoms with E-state index in [9.17, 15) is 0 Å². The van der Waals surface area contributed by atoms with Crippen LogP contribution in [0.3, 0.4) is 0 Å². The van der Waals surface area contributed by atoms with Gasteiger partial charge in [0.1, 0.15) is 0 Å². The molecule has 2 unspecified atom stereocenters. The molecule has 10 rings (SSSR count). The highest BCUT2D eigenvalue weighted by Gasteiger charge is 2.19. The Hall–Kier alpha value is -1.56. The van der Waals surface area contributed by atoms with E-state index in [1.54, 1.807) is 49.4 Å². The molecule has 0 aliphatic heterocycles. The van der Waals surface area contributed by atoms with Crippen LogP contribution in [0.4, 0.5) is 0 Å². The molecule has 8 aliphatic rings. The Balaban J connectivity index is 0.000000581. The first-order chi connectivity index (χ1) is 47.4. The van der Waals surface area contributed by atoms with Gasteiger partial charge in [0, 0.05) is 32.9 Å². The number of hydrogen-bond acceptors (Lipinski definition) is 0. The van der Waals surface area contributed by atoms with E-state index in [2.05, 4.69) is 13.8 Å². The second kappa shape index (κ2) is 51.8. The summed E-state index contributed by atoms with van der Waals surface area (Å²) in [6.45, 7) is 16.1. The molecule has 0 saturated heterocycles. The highest BCUT2D eigenvalue weighted by Crippen LogP contribution is 2.33. The van der Waals surface area contributed by atoms with Gasteiger partial charge in [-0.25, -0.2) is 0 Å². The smallest absolute Gasteiger partial charge is 0.0313 e. The molecule has 0 amide bonds. The molecular weight excluding hydrogens is 961 g/mol. The average molecular weight is 1130 g/mol. The monoisotopic (exact) mass is 1130 g/mol. The maximum atomic E-state index is 8.08. The van der Waals surface area contributed by atoms with E-state index >= 15 is 0 Å². The van der Waals surface area contributed by atoms with Gasteiger partial charge in [-0.05, 0) is 81.9 Å². The van der Waals surface area contributed by atoms with Crippen LogP contribution < -0.4 is 0 Å². The van der Waals surface area contributed by atoms with Crippen LogP contribution in [0, 0.1) is 58.9 Å². The zero-order valence-corrected chi connectivity index (χ0v) is 54.8. The van der Waals surface area contributed by atoms with Crippen molar-refractivity contribution in [2.24, 2.45) is 58.9 Å². The predicted octanol–water partition coefficient (Wildman–Crippen LogP) is 28.0. The lowest BCUT2D eigenvalue weighted by Crippen LogP contribution is -2.12. The van der Waals surface area contributed by atoms with Gasteiger partial charge in [-0.1, -0.05) is 427 Å². The lowest BCUT2D eigenvalue weighted by Gasteiger charge is -2.24. The Morgan fingerprint density at radius 1 is 0.388 bits per heavy atom. The Labute approximate surface area is 540 Å². The van der Waals surface area contributed by atoms with Crippen LogP contribution >= 0.6 is 0 Å². The van der Waals surface area contributed by atoms with Crippen molar-refractivity contribution in [3.05, 3.63) is 71.8 Å². The first kappa shape index (κ1) is 44.8. The zero-order valence-electron chi connectivity index (χ0n) is 78.8. The Kier molecular flexibility index (Phi) is 29.0. The molecule has 0 bridgehead atoms. The van der Waals surface area contributed by atoms with Crippen molar-refractivity contribution in [2.45, 2.75) is 378 Å². The summed E-state index contributed by atoms with van der Waals surface area (Å²) in [6.07, 6.45) is 36.3. The van der Waals surface area contributed by atoms with Crippen LogP contribution in [0.5, 0.6) is 0 Å². The summed E-state index contributed by atoms with van der Waals surface area (Å²) in [4.78, 5) is 0. The van der Waals surface area contributed by atoms with E-state index in [1.807, 2.05) is 59.7 Å². The maximum absolute atomic E-state index is 8.08. The standard InChI is InChI=1S/C10H14.C9H18.4C8H16.C8H10.3C7H14/c1-10(2,3)9-7-5-4-6-8-9;1-8(2)9-6-4-3-5-7-9;1-7(2)8-5-3-4-6-8;4*1-2-8-6-4-3-5-7-8;3*1-2-7-5-3-4-6-7/h4-8H,1-3H3;8-9H,3-7H2,1-2H3;7-8H,3-6H2,1-2H3;3*8H,2-7H2,1H3;3-7H,2H2,1H3;3*7H,2-6H2,1H3/i1D3,2D3;8D,9D;7D,8D;2D2,8D;2D,8D;8D;2D2;2D2,7D;2D,7D;7D.